The number of pyridine rings is 1. The lowest BCUT2D eigenvalue weighted by atomic mass is 9.97. The molecule has 5 heteroatoms. The molecule has 0 aromatic carbocycles. The molecular weight excluding hydrogens is 252 g/mol. The van der Waals surface area contributed by atoms with Crippen molar-refractivity contribution < 1.29 is 4.79 Å². The molecule has 3 heterocycles. The number of amides is 1. The van der Waals surface area contributed by atoms with E-state index in [4.69, 9.17) is 0 Å². The molecule has 0 saturated carbocycles. The SMILES string of the molecule is CN(CC1CCNCC1)C(=O)c1cnn2ccccc12. The van der Waals surface area contributed by atoms with Gasteiger partial charge in [0, 0.05) is 19.8 Å². The molecule has 1 aliphatic heterocycles. The Morgan fingerprint density at radius 1 is 1.45 bits per heavy atom. The second-order valence-electron chi connectivity index (χ2n) is 5.47. The van der Waals surface area contributed by atoms with E-state index in [1.807, 2.05) is 36.3 Å². The monoisotopic (exact) mass is 272 g/mol. The quantitative estimate of drug-likeness (QED) is 0.919. The van der Waals surface area contributed by atoms with Gasteiger partial charge in [-0.15, -0.1) is 0 Å². The van der Waals surface area contributed by atoms with Crippen LogP contribution in [-0.2, 0) is 0 Å². The summed E-state index contributed by atoms with van der Waals surface area (Å²) in [7, 11) is 1.89. The summed E-state index contributed by atoms with van der Waals surface area (Å²) >= 11 is 0. The number of nitrogens with one attached hydrogen (secondary N) is 1. The maximum Gasteiger partial charge on any atom is 0.257 e. The lowest BCUT2D eigenvalue weighted by Gasteiger charge is -2.27. The number of fused-ring (bicyclic) bond motifs is 1. The number of hydrogen-bond donors (Lipinski definition) is 1. The summed E-state index contributed by atoms with van der Waals surface area (Å²) in [6.45, 7) is 2.94. The molecule has 2 aromatic rings. The first-order valence-corrected chi connectivity index (χ1v) is 7.14. The Bertz CT molecular complexity index is 601. The van der Waals surface area contributed by atoms with E-state index in [2.05, 4.69) is 10.4 Å². The first kappa shape index (κ1) is 13.1. The lowest BCUT2D eigenvalue weighted by molar-refractivity contribution is 0.0764. The van der Waals surface area contributed by atoms with Crippen LogP contribution in [0, 0.1) is 5.92 Å². The lowest BCUT2D eigenvalue weighted by Crippen LogP contribution is -2.37. The molecule has 0 atom stereocenters. The molecule has 1 fully saturated rings. The standard InChI is InChI=1S/C15H20N4O/c1-18(11-12-5-7-16-8-6-12)15(20)13-10-17-19-9-3-2-4-14(13)19/h2-4,9-10,12,16H,5-8,11H2,1H3. The summed E-state index contributed by atoms with van der Waals surface area (Å²) in [4.78, 5) is 14.4. The molecule has 0 aliphatic carbocycles. The average molecular weight is 272 g/mol. The zero-order valence-corrected chi connectivity index (χ0v) is 11.7. The molecule has 1 aliphatic rings. The third kappa shape index (κ3) is 2.54. The van der Waals surface area contributed by atoms with Crippen LogP contribution in [0.2, 0.25) is 0 Å². The van der Waals surface area contributed by atoms with Crippen molar-refractivity contribution in [3.63, 3.8) is 0 Å². The van der Waals surface area contributed by atoms with Crippen LogP contribution in [0.5, 0.6) is 0 Å². The fourth-order valence-electron chi connectivity index (χ4n) is 2.84. The van der Waals surface area contributed by atoms with E-state index >= 15 is 0 Å². The van der Waals surface area contributed by atoms with Gasteiger partial charge in [0.15, 0.2) is 0 Å². The van der Waals surface area contributed by atoms with Gasteiger partial charge in [-0.25, -0.2) is 4.52 Å². The molecule has 1 N–H and O–H groups in total. The van der Waals surface area contributed by atoms with Crippen molar-refractivity contribution in [2.45, 2.75) is 12.8 Å². The topological polar surface area (TPSA) is 49.6 Å². The zero-order chi connectivity index (χ0) is 13.9. The van der Waals surface area contributed by atoms with Crippen LogP contribution in [0.25, 0.3) is 5.52 Å². The Morgan fingerprint density at radius 3 is 3.05 bits per heavy atom. The van der Waals surface area contributed by atoms with Crippen LogP contribution in [0.1, 0.15) is 23.2 Å². The summed E-state index contributed by atoms with van der Waals surface area (Å²) in [5.41, 5.74) is 1.55. The van der Waals surface area contributed by atoms with Crippen LogP contribution >= 0.6 is 0 Å². The normalized spacial score (nSPS) is 16.4. The summed E-state index contributed by atoms with van der Waals surface area (Å²) in [6, 6.07) is 5.77. The molecule has 0 bridgehead atoms. The maximum absolute atomic E-state index is 12.6. The van der Waals surface area contributed by atoms with E-state index in [-0.39, 0.29) is 5.91 Å². The molecule has 0 unspecified atom stereocenters. The van der Waals surface area contributed by atoms with Crippen molar-refractivity contribution in [1.82, 2.24) is 19.8 Å². The predicted molar refractivity (Wildman–Crippen MR) is 77.7 cm³/mol. The minimum Gasteiger partial charge on any atom is -0.341 e. The van der Waals surface area contributed by atoms with E-state index in [9.17, 15) is 4.79 Å². The second-order valence-corrected chi connectivity index (χ2v) is 5.47. The number of hydrogen-bond acceptors (Lipinski definition) is 3. The van der Waals surface area contributed by atoms with Gasteiger partial charge >= 0.3 is 0 Å². The molecular formula is C15H20N4O. The number of carbonyl (C=O) groups is 1. The molecule has 1 amide bonds. The highest BCUT2D eigenvalue weighted by molar-refractivity contribution is 6.00. The highest BCUT2D eigenvalue weighted by Crippen LogP contribution is 2.16. The van der Waals surface area contributed by atoms with Gasteiger partial charge in [-0.1, -0.05) is 6.07 Å². The van der Waals surface area contributed by atoms with Crippen LogP contribution in [0.15, 0.2) is 30.6 Å². The van der Waals surface area contributed by atoms with Crippen LogP contribution in [0.3, 0.4) is 0 Å². The Labute approximate surface area is 118 Å². The third-order valence-corrected chi connectivity index (χ3v) is 3.99. The molecule has 2 aromatic heterocycles. The predicted octanol–water partition coefficient (Wildman–Crippen LogP) is 1.41. The van der Waals surface area contributed by atoms with E-state index in [0.717, 1.165) is 38.0 Å². The van der Waals surface area contributed by atoms with Crippen LogP contribution in [-0.4, -0.2) is 47.1 Å². The number of piperidine rings is 1. The van der Waals surface area contributed by atoms with E-state index in [0.29, 0.717) is 11.5 Å². The van der Waals surface area contributed by atoms with Gasteiger partial charge in [-0.3, -0.25) is 4.79 Å². The van der Waals surface area contributed by atoms with Gasteiger partial charge in [0.25, 0.3) is 5.91 Å². The molecule has 5 nitrogen and oxygen atoms in total. The molecule has 0 radical (unpaired) electrons. The Balaban J connectivity index is 1.74. The number of aromatic nitrogens is 2. The first-order chi connectivity index (χ1) is 9.75. The smallest absolute Gasteiger partial charge is 0.257 e. The van der Waals surface area contributed by atoms with Gasteiger partial charge in [0.05, 0.1) is 17.3 Å². The Hall–Kier alpha value is -1.88. The molecule has 106 valence electrons. The highest BCUT2D eigenvalue weighted by atomic mass is 16.2. The Kier molecular flexibility index (Phi) is 3.69. The highest BCUT2D eigenvalue weighted by Gasteiger charge is 2.21. The summed E-state index contributed by atoms with van der Waals surface area (Å²) in [5, 5.41) is 7.58. The first-order valence-electron chi connectivity index (χ1n) is 7.14. The van der Waals surface area contributed by atoms with Crippen molar-refractivity contribution in [1.29, 1.82) is 0 Å². The molecule has 20 heavy (non-hydrogen) atoms. The van der Waals surface area contributed by atoms with Crippen molar-refractivity contribution >= 4 is 11.4 Å². The van der Waals surface area contributed by atoms with E-state index in [1.54, 1.807) is 10.7 Å². The van der Waals surface area contributed by atoms with E-state index in [1.165, 1.54) is 0 Å². The van der Waals surface area contributed by atoms with E-state index < -0.39 is 0 Å². The third-order valence-electron chi connectivity index (χ3n) is 3.99. The average Bonchev–Trinajstić information content (AvgIpc) is 2.91. The van der Waals surface area contributed by atoms with Crippen molar-refractivity contribution in [3.8, 4) is 0 Å². The largest absolute Gasteiger partial charge is 0.341 e. The van der Waals surface area contributed by atoms with Crippen molar-refractivity contribution in [3.05, 3.63) is 36.2 Å². The van der Waals surface area contributed by atoms with Gasteiger partial charge in [0.1, 0.15) is 0 Å². The summed E-state index contributed by atoms with van der Waals surface area (Å²) in [6.07, 6.45) is 5.81. The van der Waals surface area contributed by atoms with Gasteiger partial charge in [-0.05, 0) is 44.0 Å². The van der Waals surface area contributed by atoms with Gasteiger partial charge in [-0.2, -0.15) is 5.10 Å². The Morgan fingerprint density at radius 2 is 2.25 bits per heavy atom. The molecule has 0 spiro atoms. The minimum absolute atomic E-state index is 0.0599. The van der Waals surface area contributed by atoms with Crippen molar-refractivity contribution in [2.75, 3.05) is 26.7 Å². The zero-order valence-electron chi connectivity index (χ0n) is 11.7. The fraction of sp³-hybridized carbons (Fsp3) is 0.467. The summed E-state index contributed by atoms with van der Waals surface area (Å²) in [5.74, 6) is 0.664. The van der Waals surface area contributed by atoms with Gasteiger partial charge < -0.3 is 10.2 Å². The molecule has 3 rings (SSSR count). The van der Waals surface area contributed by atoms with Gasteiger partial charge in [0.2, 0.25) is 0 Å². The fourth-order valence-corrected chi connectivity index (χ4v) is 2.84. The van der Waals surface area contributed by atoms with Crippen LogP contribution < -0.4 is 5.32 Å². The van der Waals surface area contributed by atoms with Crippen LogP contribution in [0.4, 0.5) is 0 Å². The number of carbonyl (C=O) groups excluding carboxylic acids is 1. The molecule has 1 saturated heterocycles. The summed E-state index contributed by atoms with van der Waals surface area (Å²) < 4.78 is 1.74. The second kappa shape index (κ2) is 5.63. The number of rotatable bonds is 3. The number of nitrogens with zero attached hydrogens (tertiary/aromatic N) is 3. The van der Waals surface area contributed by atoms with Crippen molar-refractivity contribution in [2.24, 2.45) is 5.92 Å². The minimum atomic E-state index is 0.0599. The maximum atomic E-state index is 12.6.